The van der Waals surface area contributed by atoms with Crippen molar-refractivity contribution in [2.24, 2.45) is 11.8 Å². The molecule has 3 N–H and O–H groups in total. The predicted molar refractivity (Wildman–Crippen MR) is 90.6 cm³/mol. The van der Waals surface area contributed by atoms with Crippen molar-refractivity contribution in [3.8, 4) is 5.75 Å². The maximum absolute atomic E-state index is 12.2. The Morgan fingerprint density at radius 1 is 1.35 bits per heavy atom. The lowest BCUT2D eigenvalue weighted by Crippen LogP contribution is -2.49. The molecule has 0 saturated heterocycles. The highest BCUT2D eigenvalue weighted by Gasteiger charge is 2.32. The van der Waals surface area contributed by atoms with E-state index >= 15 is 0 Å². The zero-order valence-electron chi connectivity index (χ0n) is 14.2. The van der Waals surface area contributed by atoms with Crippen LogP contribution in [0.3, 0.4) is 0 Å². The molecule has 1 aliphatic rings. The third-order valence-electron chi connectivity index (χ3n) is 4.60. The zero-order chi connectivity index (χ0) is 16.8. The number of rotatable bonds is 8. The van der Waals surface area contributed by atoms with E-state index in [4.69, 9.17) is 9.84 Å². The lowest BCUT2D eigenvalue weighted by atomic mass is 10.0. The number of benzene rings is 1. The van der Waals surface area contributed by atoms with Gasteiger partial charge in [0.25, 0.3) is 0 Å². The van der Waals surface area contributed by atoms with E-state index in [1.165, 1.54) is 5.56 Å². The first-order valence-electron chi connectivity index (χ1n) is 8.34. The SMILES string of the molecule is COc1cccc(CC(NC(=O)NC(C)C(C)CO)C2CC2)c1. The normalized spacial score (nSPS) is 17.9. The summed E-state index contributed by atoms with van der Waals surface area (Å²) >= 11 is 0. The molecule has 1 fully saturated rings. The Hall–Kier alpha value is -1.75. The Labute approximate surface area is 138 Å². The molecule has 3 unspecified atom stereocenters. The minimum Gasteiger partial charge on any atom is -0.497 e. The number of hydrogen-bond donors (Lipinski definition) is 3. The third kappa shape index (κ3) is 5.43. The number of ether oxygens (including phenoxy) is 1. The Morgan fingerprint density at radius 2 is 2.09 bits per heavy atom. The van der Waals surface area contributed by atoms with Crippen LogP contribution in [0, 0.1) is 11.8 Å². The number of nitrogens with one attached hydrogen (secondary N) is 2. The van der Waals surface area contributed by atoms with E-state index in [2.05, 4.69) is 16.7 Å². The molecule has 23 heavy (non-hydrogen) atoms. The summed E-state index contributed by atoms with van der Waals surface area (Å²) in [5.74, 6) is 1.43. The van der Waals surface area contributed by atoms with Crippen molar-refractivity contribution < 1.29 is 14.6 Å². The predicted octanol–water partition coefficient (Wildman–Crippen LogP) is 2.33. The second-order valence-corrected chi connectivity index (χ2v) is 6.57. The van der Waals surface area contributed by atoms with Crippen LogP contribution in [0.5, 0.6) is 5.75 Å². The van der Waals surface area contributed by atoms with Crippen molar-refractivity contribution in [1.29, 1.82) is 0 Å². The van der Waals surface area contributed by atoms with Crippen LogP contribution in [0.2, 0.25) is 0 Å². The molecule has 1 saturated carbocycles. The van der Waals surface area contributed by atoms with Gasteiger partial charge in [0.15, 0.2) is 0 Å². The summed E-state index contributed by atoms with van der Waals surface area (Å²) < 4.78 is 5.26. The maximum atomic E-state index is 12.2. The molecule has 0 bridgehead atoms. The van der Waals surface area contributed by atoms with Crippen LogP contribution in [0.1, 0.15) is 32.3 Å². The second kappa shape index (κ2) is 8.20. The number of urea groups is 1. The molecule has 128 valence electrons. The van der Waals surface area contributed by atoms with Gasteiger partial charge < -0.3 is 20.5 Å². The van der Waals surface area contributed by atoms with Gasteiger partial charge in [-0.3, -0.25) is 0 Å². The first-order valence-corrected chi connectivity index (χ1v) is 8.34. The summed E-state index contributed by atoms with van der Waals surface area (Å²) in [6.45, 7) is 3.89. The van der Waals surface area contributed by atoms with E-state index in [-0.39, 0.29) is 30.6 Å². The molecule has 2 amide bonds. The molecule has 3 atom stereocenters. The minimum atomic E-state index is -0.155. The Morgan fingerprint density at radius 3 is 2.70 bits per heavy atom. The summed E-state index contributed by atoms with van der Waals surface area (Å²) in [6.07, 6.45) is 3.13. The lowest BCUT2D eigenvalue weighted by molar-refractivity contribution is 0.198. The van der Waals surface area contributed by atoms with Gasteiger partial charge in [-0.15, -0.1) is 0 Å². The van der Waals surface area contributed by atoms with Crippen LogP contribution in [0.4, 0.5) is 4.79 Å². The molecule has 0 heterocycles. The van der Waals surface area contributed by atoms with E-state index in [9.17, 15) is 4.79 Å². The molecular formula is C18H28N2O3. The van der Waals surface area contributed by atoms with Crippen LogP contribution in [-0.4, -0.2) is 36.9 Å². The van der Waals surface area contributed by atoms with E-state index in [1.54, 1.807) is 7.11 Å². The molecule has 0 spiro atoms. The fourth-order valence-electron chi connectivity index (χ4n) is 2.60. The number of carbonyl (C=O) groups excluding carboxylic acids is 1. The van der Waals surface area contributed by atoms with Crippen molar-refractivity contribution in [1.82, 2.24) is 10.6 Å². The topological polar surface area (TPSA) is 70.6 Å². The summed E-state index contributed by atoms with van der Waals surface area (Å²) in [7, 11) is 1.66. The highest BCUT2D eigenvalue weighted by molar-refractivity contribution is 5.74. The fraction of sp³-hybridized carbons (Fsp3) is 0.611. The first kappa shape index (κ1) is 17.6. The van der Waals surface area contributed by atoms with Crippen molar-refractivity contribution in [3.63, 3.8) is 0 Å². The van der Waals surface area contributed by atoms with Gasteiger partial charge in [-0.25, -0.2) is 4.79 Å². The monoisotopic (exact) mass is 320 g/mol. The smallest absolute Gasteiger partial charge is 0.315 e. The number of aliphatic hydroxyl groups is 1. The molecule has 0 aromatic heterocycles. The minimum absolute atomic E-state index is 0.0403. The molecule has 0 aliphatic heterocycles. The van der Waals surface area contributed by atoms with Crippen molar-refractivity contribution in [2.45, 2.75) is 45.2 Å². The Bertz CT molecular complexity index is 517. The van der Waals surface area contributed by atoms with Crippen molar-refractivity contribution in [2.75, 3.05) is 13.7 Å². The highest BCUT2D eigenvalue weighted by Crippen LogP contribution is 2.34. The van der Waals surface area contributed by atoms with Crippen LogP contribution >= 0.6 is 0 Å². The van der Waals surface area contributed by atoms with Gasteiger partial charge >= 0.3 is 6.03 Å². The molecule has 5 nitrogen and oxygen atoms in total. The van der Waals surface area contributed by atoms with Gasteiger partial charge in [-0.2, -0.15) is 0 Å². The maximum Gasteiger partial charge on any atom is 0.315 e. The van der Waals surface area contributed by atoms with Crippen molar-refractivity contribution >= 4 is 6.03 Å². The van der Waals surface area contributed by atoms with Gasteiger partial charge in [0.05, 0.1) is 7.11 Å². The quantitative estimate of drug-likeness (QED) is 0.688. The Balaban J connectivity index is 1.92. The zero-order valence-corrected chi connectivity index (χ0v) is 14.2. The molecule has 5 heteroatoms. The number of carbonyl (C=O) groups is 1. The number of amides is 2. The van der Waals surface area contributed by atoms with E-state index in [0.717, 1.165) is 25.0 Å². The van der Waals surface area contributed by atoms with Gasteiger partial charge in [-0.1, -0.05) is 19.1 Å². The van der Waals surface area contributed by atoms with Crippen LogP contribution in [-0.2, 0) is 6.42 Å². The number of hydrogen-bond acceptors (Lipinski definition) is 3. The summed E-state index contributed by atoms with van der Waals surface area (Å²) in [5.41, 5.74) is 1.17. The largest absolute Gasteiger partial charge is 0.497 e. The molecule has 1 aromatic carbocycles. The molecule has 1 aliphatic carbocycles. The van der Waals surface area contributed by atoms with Crippen LogP contribution < -0.4 is 15.4 Å². The third-order valence-corrected chi connectivity index (χ3v) is 4.60. The lowest BCUT2D eigenvalue weighted by Gasteiger charge is -2.23. The molecule has 1 aromatic rings. The van der Waals surface area contributed by atoms with E-state index < -0.39 is 0 Å². The van der Waals surface area contributed by atoms with Gasteiger partial charge in [0.1, 0.15) is 5.75 Å². The van der Waals surface area contributed by atoms with Crippen LogP contribution in [0.15, 0.2) is 24.3 Å². The van der Waals surface area contributed by atoms with Gasteiger partial charge in [0.2, 0.25) is 0 Å². The summed E-state index contributed by atoms with van der Waals surface area (Å²) in [6, 6.07) is 7.91. The second-order valence-electron chi connectivity index (χ2n) is 6.57. The summed E-state index contributed by atoms with van der Waals surface area (Å²) in [5, 5.41) is 15.2. The van der Waals surface area contributed by atoms with Crippen molar-refractivity contribution in [3.05, 3.63) is 29.8 Å². The highest BCUT2D eigenvalue weighted by atomic mass is 16.5. The van der Waals surface area contributed by atoms with Gasteiger partial charge in [-0.05, 0) is 55.7 Å². The number of methoxy groups -OCH3 is 1. The average Bonchev–Trinajstić information content (AvgIpc) is 3.38. The first-order chi connectivity index (χ1) is 11.0. The molecular weight excluding hydrogens is 292 g/mol. The fourth-order valence-corrected chi connectivity index (χ4v) is 2.60. The molecule has 2 rings (SSSR count). The molecule has 0 radical (unpaired) electrons. The van der Waals surface area contributed by atoms with Crippen LogP contribution in [0.25, 0.3) is 0 Å². The standard InChI is InChI=1S/C18H28N2O3/c1-12(11-21)13(2)19-18(22)20-17(15-7-8-15)10-14-5-4-6-16(9-14)23-3/h4-6,9,12-13,15,17,21H,7-8,10-11H2,1-3H3,(H2,19,20,22). The van der Waals surface area contributed by atoms with E-state index in [0.29, 0.717) is 5.92 Å². The van der Waals surface area contributed by atoms with Gasteiger partial charge in [0, 0.05) is 18.7 Å². The van der Waals surface area contributed by atoms with E-state index in [1.807, 2.05) is 32.0 Å². The average molecular weight is 320 g/mol. The Kier molecular flexibility index (Phi) is 6.28. The summed E-state index contributed by atoms with van der Waals surface area (Å²) in [4.78, 5) is 12.2. The number of aliphatic hydroxyl groups excluding tert-OH is 1.